The Morgan fingerprint density at radius 3 is 2.42 bits per heavy atom. The second kappa shape index (κ2) is 6.05. The van der Waals surface area contributed by atoms with Crippen molar-refractivity contribution in [1.82, 2.24) is 9.99 Å². The summed E-state index contributed by atoms with van der Waals surface area (Å²) in [6, 6.07) is 13.2. The van der Waals surface area contributed by atoms with Crippen LogP contribution in [0.3, 0.4) is 0 Å². The van der Waals surface area contributed by atoms with Crippen LogP contribution in [0.25, 0.3) is 0 Å². The van der Waals surface area contributed by atoms with Gasteiger partial charge in [0.2, 0.25) is 10.9 Å². The number of halogens is 1. The third kappa shape index (κ3) is 2.45. The number of primary amides is 1. The van der Waals surface area contributed by atoms with Gasteiger partial charge in [0, 0.05) is 25.0 Å². The van der Waals surface area contributed by atoms with E-state index in [1.165, 1.54) is 0 Å². The molecule has 6 nitrogen and oxygen atoms in total. The third-order valence-electron chi connectivity index (χ3n) is 4.06. The van der Waals surface area contributed by atoms with Crippen molar-refractivity contribution >= 4 is 23.2 Å². The molecule has 1 unspecified atom stereocenters. The largest absolute Gasteiger partial charge is 0.397 e. The zero-order valence-corrected chi connectivity index (χ0v) is 13.9. The number of hydrogen-bond acceptors (Lipinski definition) is 5. The van der Waals surface area contributed by atoms with Gasteiger partial charge in [0.1, 0.15) is 0 Å². The number of amides is 1. The van der Waals surface area contributed by atoms with E-state index in [2.05, 4.69) is 4.98 Å². The molecule has 0 saturated heterocycles. The number of nitrogens with zero attached hydrogens (tertiary/aromatic N) is 3. The first-order valence-electron chi connectivity index (χ1n) is 7.42. The monoisotopic (exact) mass is 343 g/mol. The summed E-state index contributed by atoms with van der Waals surface area (Å²) in [5.41, 5.74) is 14.3. The lowest BCUT2D eigenvalue weighted by atomic mass is 10.0. The second-order valence-corrected chi connectivity index (χ2v) is 6.08. The van der Waals surface area contributed by atoms with Crippen molar-refractivity contribution in [2.45, 2.75) is 11.4 Å². The van der Waals surface area contributed by atoms with Crippen LogP contribution in [-0.4, -0.2) is 22.9 Å². The van der Waals surface area contributed by atoms with Gasteiger partial charge in [-0.25, -0.2) is 0 Å². The summed E-state index contributed by atoms with van der Waals surface area (Å²) < 4.78 is 0. The number of benzene rings is 1. The molecule has 2 heterocycles. The lowest BCUT2D eigenvalue weighted by molar-refractivity contribution is -0.117. The highest BCUT2D eigenvalue weighted by Crippen LogP contribution is 2.48. The fourth-order valence-electron chi connectivity index (χ4n) is 2.95. The van der Waals surface area contributed by atoms with Gasteiger partial charge in [0.15, 0.2) is 0 Å². The average molecular weight is 344 g/mol. The van der Waals surface area contributed by atoms with Crippen LogP contribution in [-0.2, 0) is 9.79 Å². The van der Waals surface area contributed by atoms with Crippen molar-refractivity contribution in [3.63, 3.8) is 0 Å². The summed E-state index contributed by atoms with van der Waals surface area (Å²) >= 11 is 7.04. The Kier molecular flexibility index (Phi) is 4.07. The van der Waals surface area contributed by atoms with Crippen molar-refractivity contribution in [2.75, 3.05) is 12.1 Å². The minimum atomic E-state index is -1.16. The van der Waals surface area contributed by atoms with Gasteiger partial charge in [0.25, 0.3) is 0 Å². The van der Waals surface area contributed by atoms with Crippen molar-refractivity contribution in [3.05, 3.63) is 71.8 Å². The van der Waals surface area contributed by atoms with Crippen LogP contribution < -0.4 is 16.5 Å². The van der Waals surface area contributed by atoms with Crippen LogP contribution >= 0.6 is 11.6 Å². The van der Waals surface area contributed by atoms with Gasteiger partial charge < -0.3 is 11.5 Å². The molecule has 3 rings (SSSR count). The summed E-state index contributed by atoms with van der Waals surface area (Å²) in [4.78, 5) is 14.3. The standard InChI is InChI=1S/C17H18ClN5O/c1-22-14(11-15(19)24)16(20)17(18,12-7-9-21-10-8-12)23(22)13-5-3-2-4-6-13/h2-10H,11,20H2,1H3,(H2,19,24). The fraction of sp³-hybridized carbons (Fsp3) is 0.176. The first-order chi connectivity index (χ1) is 11.5. The molecule has 124 valence electrons. The summed E-state index contributed by atoms with van der Waals surface area (Å²) in [7, 11) is 1.81. The number of carbonyl (C=O) groups is 1. The van der Waals surface area contributed by atoms with Gasteiger partial charge >= 0.3 is 0 Å². The van der Waals surface area contributed by atoms with E-state index in [1.54, 1.807) is 29.5 Å². The van der Waals surface area contributed by atoms with Crippen LogP contribution in [0.2, 0.25) is 0 Å². The van der Waals surface area contributed by atoms with Gasteiger partial charge in [-0.3, -0.25) is 19.8 Å². The summed E-state index contributed by atoms with van der Waals surface area (Å²) in [6.45, 7) is 0. The minimum absolute atomic E-state index is 0.00518. The maximum absolute atomic E-state index is 11.5. The zero-order valence-electron chi connectivity index (χ0n) is 13.2. The normalized spacial score (nSPS) is 20.6. The smallest absolute Gasteiger partial charge is 0.223 e. The highest BCUT2D eigenvalue weighted by atomic mass is 35.5. The molecule has 0 bridgehead atoms. The van der Waals surface area contributed by atoms with Crippen LogP contribution in [0.15, 0.2) is 66.3 Å². The number of carbonyl (C=O) groups excluding carboxylic acids is 1. The average Bonchev–Trinajstić information content (AvgIpc) is 2.78. The first-order valence-corrected chi connectivity index (χ1v) is 7.79. The molecule has 1 aromatic heterocycles. The number of pyridine rings is 1. The molecule has 4 N–H and O–H groups in total. The molecule has 24 heavy (non-hydrogen) atoms. The quantitative estimate of drug-likeness (QED) is 0.653. The number of aromatic nitrogens is 1. The van der Waals surface area contributed by atoms with Gasteiger partial charge in [-0.1, -0.05) is 29.8 Å². The van der Waals surface area contributed by atoms with Crippen LogP contribution in [0.5, 0.6) is 0 Å². The van der Waals surface area contributed by atoms with E-state index in [9.17, 15) is 4.79 Å². The number of alkyl halides is 1. The second-order valence-electron chi connectivity index (χ2n) is 5.53. The van der Waals surface area contributed by atoms with Crippen molar-refractivity contribution in [1.29, 1.82) is 0 Å². The molecule has 0 spiro atoms. The Morgan fingerprint density at radius 1 is 1.21 bits per heavy atom. The van der Waals surface area contributed by atoms with Gasteiger partial charge in [-0.05, 0) is 24.3 Å². The van der Waals surface area contributed by atoms with Gasteiger partial charge in [-0.15, -0.1) is 0 Å². The zero-order chi connectivity index (χ0) is 17.3. The summed E-state index contributed by atoms with van der Waals surface area (Å²) in [6.07, 6.45) is 3.31. The molecule has 1 aliphatic rings. The minimum Gasteiger partial charge on any atom is -0.397 e. The number of anilines is 1. The van der Waals surface area contributed by atoms with E-state index in [0.717, 1.165) is 11.3 Å². The Hall–Kier alpha value is -2.73. The molecule has 0 radical (unpaired) electrons. The van der Waals surface area contributed by atoms with Crippen LogP contribution in [0.1, 0.15) is 12.0 Å². The molecule has 7 heteroatoms. The third-order valence-corrected chi connectivity index (χ3v) is 4.64. The molecule has 1 aliphatic heterocycles. The molecule has 0 fully saturated rings. The van der Waals surface area contributed by atoms with E-state index < -0.39 is 10.9 Å². The lowest BCUT2D eigenvalue weighted by Gasteiger charge is -2.40. The van der Waals surface area contributed by atoms with E-state index in [0.29, 0.717) is 11.4 Å². The Labute approximate surface area is 145 Å². The lowest BCUT2D eigenvalue weighted by Crippen LogP contribution is -2.47. The number of nitrogens with two attached hydrogens (primary N) is 2. The van der Waals surface area contributed by atoms with Crippen LogP contribution in [0.4, 0.5) is 5.69 Å². The highest BCUT2D eigenvalue weighted by molar-refractivity contribution is 6.27. The number of para-hydroxylation sites is 1. The molecule has 2 aromatic rings. The molecule has 0 aliphatic carbocycles. The van der Waals surface area contributed by atoms with Crippen molar-refractivity contribution in [2.24, 2.45) is 11.5 Å². The number of rotatable bonds is 4. The predicted octanol–water partition coefficient (Wildman–Crippen LogP) is 1.89. The summed E-state index contributed by atoms with van der Waals surface area (Å²) in [5, 5.41) is 3.63. The van der Waals surface area contributed by atoms with Crippen molar-refractivity contribution in [3.8, 4) is 0 Å². The maximum Gasteiger partial charge on any atom is 0.223 e. The van der Waals surface area contributed by atoms with E-state index in [1.807, 2.05) is 42.4 Å². The fourth-order valence-corrected chi connectivity index (χ4v) is 3.40. The van der Waals surface area contributed by atoms with E-state index in [4.69, 9.17) is 23.1 Å². The van der Waals surface area contributed by atoms with E-state index >= 15 is 0 Å². The molecule has 0 saturated carbocycles. The van der Waals surface area contributed by atoms with E-state index in [-0.39, 0.29) is 6.42 Å². The summed E-state index contributed by atoms with van der Waals surface area (Å²) in [5.74, 6) is -0.469. The van der Waals surface area contributed by atoms with Crippen LogP contribution in [0, 0.1) is 0 Å². The highest BCUT2D eigenvalue weighted by Gasteiger charge is 2.49. The Balaban J connectivity index is 2.19. The molecular formula is C17H18ClN5O. The van der Waals surface area contributed by atoms with Gasteiger partial charge in [-0.2, -0.15) is 0 Å². The molecule has 1 aromatic carbocycles. The Bertz CT molecular complexity index is 780. The van der Waals surface area contributed by atoms with Crippen molar-refractivity contribution < 1.29 is 4.79 Å². The molecule has 1 atom stereocenters. The SMILES string of the molecule is CN1C(CC(N)=O)=C(N)C(Cl)(c2ccncc2)N1c1ccccc1. The number of hydrazine groups is 1. The predicted molar refractivity (Wildman–Crippen MR) is 93.5 cm³/mol. The first kappa shape index (κ1) is 16.1. The van der Waals surface area contributed by atoms with Gasteiger partial charge in [0.05, 0.1) is 23.5 Å². The number of hydrogen-bond donors (Lipinski definition) is 2. The Morgan fingerprint density at radius 2 is 1.83 bits per heavy atom. The topological polar surface area (TPSA) is 88.5 Å². The molecule has 1 amide bonds. The molecular weight excluding hydrogens is 326 g/mol. The maximum atomic E-state index is 11.5.